The van der Waals surface area contributed by atoms with Crippen molar-refractivity contribution in [2.45, 2.75) is 39.5 Å². The standard InChI is InChI=1S/C10H20S/c1-8(2)10-7-9(10)5-3-4-6-11/h8-11H,3-7H2,1-2H3. The van der Waals surface area contributed by atoms with Gasteiger partial charge in [-0.25, -0.2) is 0 Å². The Morgan fingerprint density at radius 3 is 2.55 bits per heavy atom. The molecule has 0 amide bonds. The van der Waals surface area contributed by atoms with Crippen molar-refractivity contribution in [2.75, 3.05) is 5.75 Å². The minimum atomic E-state index is 0.927. The summed E-state index contributed by atoms with van der Waals surface area (Å²) in [7, 11) is 0. The summed E-state index contributed by atoms with van der Waals surface area (Å²) < 4.78 is 0. The lowest BCUT2D eigenvalue weighted by atomic mass is 10.0. The molecular formula is C10H20S. The Kier molecular flexibility index (Phi) is 3.77. The fourth-order valence-corrected chi connectivity index (χ4v) is 2.16. The number of rotatable bonds is 5. The average Bonchev–Trinajstić information content (AvgIpc) is 2.68. The summed E-state index contributed by atoms with van der Waals surface area (Å²) in [6, 6.07) is 0. The zero-order valence-electron chi connectivity index (χ0n) is 7.71. The molecule has 0 bridgehead atoms. The Morgan fingerprint density at radius 1 is 1.36 bits per heavy atom. The molecule has 0 spiro atoms. The van der Waals surface area contributed by atoms with E-state index in [-0.39, 0.29) is 0 Å². The molecule has 66 valence electrons. The van der Waals surface area contributed by atoms with Crippen LogP contribution in [-0.2, 0) is 0 Å². The third-order valence-corrected chi connectivity index (χ3v) is 3.13. The van der Waals surface area contributed by atoms with Gasteiger partial charge in [0.05, 0.1) is 0 Å². The lowest BCUT2D eigenvalue weighted by molar-refractivity contribution is 0.494. The highest BCUT2D eigenvalue weighted by Crippen LogP contribution is 2.47. The van der Waals surface area contributed by atoms with E-state index >= 15 is 0 Å². The molecule has 0 radical (unpaired) electrons. The first-order valence-corrected chi connectivity index (χ1v) is 5.49. The Morgan fingerprint density at radius 2 is 2.09 bits per heavy atom. The molecule has 2 atom stereocenters. The first-order chi connectivity index (χ1) is 5.25. The maximum atomic E-state index is 4.21. The number of hydrogen-bond acceptors (Lipinski definition) is 1. The summed E-state index contributed by atoms with van der Waals surface area (Å²) in [6.07, 6.45) is 5.68. The molecule has 2 unspecified atom stereocenters. The van der Waals surface area contributed by atoms with Crippen molar-refractivity contribution in [1.29, 1.82) is 0 Å². The van der Waals surface area contributed by atoms with Crippen LogP contribution in [0.15, 0.2) is 0 Å². The van der Waals surface area contributed by atoms with Gasteiger partial charge in [0.15, 0.2) is 0 Å². The van der Waals surface area contributed by atoms with Gasteiger partial charge in [0.25, 0.3) is 0 Å². The zero-order valence-corrected chi connectivity index (χ0v) is 8.61. The third-order valence-electron chi connectivity index (χ3n) is 2.82. The third kappa shape index (κ3) is 3.06. The summed E-state index contributed by atoms with van der Waals surface area (Å²) in [6.45, 7) is 4.70. The topological polar surface area (TPSA) is 0 Å². The molecule has 0 saturated heterocycles. The summed E-state index contributed by atoms with van der Waals surface area (Å²) in [5.41, 5.74) is 0. The Balaban J connectivity index is 1.96. The Labute approximate surface area is 76.2 Å². The fourth-order valence-electron chi connectivity index (χ4n) is 1.94. The number of thiol groups is 1. The van der Waals surface area contributed by atoms with Crippen molar-refractivity contribution >= 4 is 12.6 Å². The van der Waals surface area contributed by atoms with Crippen molar-refractivity contribution < 1.29 is 0 Å². The van der Waals surface area contributed by atoms with Crippen LogP contribution in [0.1, 0.15) is 39.5 Å². The molecule has 0 aromatic rings. The maximum absolute atomic E-state index is 4.21. The molecule has 0 aromatic carbocycles. The van der Waals surface area contributed by atoms with Crippen molar-refractivity contribution in [1.82, 2.24) is 0 Å². The molecule has 0 aromatic heterocycles. The minimum absolute atomic E-state index is 0.927. The van der Waals surface area contributed by atoms with Crippen molar-refractivity contribution in [3.8, 4) is 0 Å². The summed E-state index contributed by atoms with van der Waals surface area (Å²) in [4.78, 5) is 0. The summed E-state index contributed by atoms with van der Waals surface area (Å²) in [5.74, 6) is 4.14. The second-order valence-corrected chi connectivity index (χ2v) is 4.57. The van der Waals surface area contributed by atoms with Crippen LogP contribution in [0.2, 0.25) is 0 Å². The molecule has 1 aliphatic carbocycles. The summed E-state index contributed by atoms with van der Waals surface area (Å²) in [5, 5.41) is 0. The van der Waals surface area contributed by atoms with Crippen molar-refractivity contribution in [2.24, 2.45) is 17.8 Å². The molecular weight excluding hydrogens is 152 g/mol. The quantitative estimate of drug-likeness (QED) is 0.477. The largest absolute Gasteiger partial charge is 0.179 e. The molecule has 0 aliphatic heterocycles. The smallest absolute Gasteiger partial charge is 0.00979 e. The second kappa shape index (κ2) is 4.39. The van der Waals surface area contributed by atoms with E-state index in [1.807, 2.05) is 0 Å². The molecule has 11 heavy (non-hydrogen) atoms. The van der Waals surface area contributed by atoms with Crippen molar-refractivity contribution in [3.63, 3.8) is 0 Å². The lowest BCUT2D eigenvalue weighted by Crippen LogP contribution is -1.92. The van der Waals surface area contributed by atoms with E-state index in [0.29, 0.717) is 0 Å². The zero-order chi connectivity index (χ0) is 8.27. The van der Waals surface area contributed by atoms with Gasteiger partial charge in [0.1, 0.15) is 0 Å². The van der Waals surface area contributed by atoms with E-state index in [1.54, 1.807) is 0 Å². The molecule has 1 fully saturated rings. The van der Waals surface area contributed by atoms with Crippen LogP contribution in [0.5, 0.6) is 0 Å². The maximum Gasteiger partial charge on any atom is -0.00979 e. The van der Waals surface area contributed by atoms with E-state index in [2.05, 4.69) is 26.5 Å². The van der Waals surface area contributed by atoms with Gasteiger partial charge in [-0.3, -0.25) is 0 Å². The fraction of sp³-hybridized carbons (Fsp3) is 1.00. The highest BCUT2D eigenvalue weighted by molar-refractivity contribution is 7.80. The first-order valence-electron chi connectivity index (χ1n) is 4.86. The van der Waals surface area contributed by atoms with Crippen LogP contribution in [0, 0.1) is 17.8 Å². The molecule has 0 nitrogen and oxygen atoms in total. The SMILES string of the molecule is CC(C)C1CC1CCCCS. The van der Waals surface area contributed by atoms with Crippen LogP contribution in [-0.4, -0.2) is 5.75 Å². The molecule has 0 heterocycles. The van der Waals surface area contributed by atoms with E-state index in [1.165, 1.54) is 25.7 Å². The lowest BCUT2D eigenvalue weighted by Gasteiger charge is -2.01. The van der Waals surface area contributed by atoms with Crippen LogP contribution in [0.25, 0.3) is 0 Å². The predicted molar refractivity (Wildman–Crippen MR) is 54.1 cm³/mol. The van der Waals surface area contributed by atoms with Crippen LogP contribution in [0.3, 0.4) is 0 Å². The highest BCUT2D eigenvalue weighted by Gasteiger charge is 2.37. The second-order valence-electron chi connectivity index (χ2n) is 4.12. The van der Waals surface area contributed by atoms with Crippen LogP contribution < -0.4 is 0 Å². The monoisotopic (exact) mass is 172 g/mol. The molecule has 1 rings (SSSR count). The van der Waals surface area contributed by atoms with Gasteiger partial charge in [-0.1, -0.05) is 26.7 Å². The van der Waals surface area contributed by atoms with Crippen molar-refractivity contribution in [3.05, 3.63) is 0 Å². The van der Waals surface area contributed by atoms with Gasteiger partial charge in [-0.15, -0.1) is 0 Å². The van der Waals surface area contributed by atoms with Gasteiger partial charge < -0.3 is 0 Å². The average molecular weight is 172 g/mol. The van der Waals surface area contributed by atoms with Crippen LogP contribution >= 0.6 is 12.6 Å². The Bertz CT molecular complexity index is 109. The summed E-state index contributed by atoms with van der Waals surface area (Å²) >= 11 is 4.21. The van der Waals surface area contributed by atoms with Gasteiger partial charge >= 0.3 is 0 Å². The van der Waals surface area contributed by atoms with E-state index < -0.39 is 0 Å². The highest BCUT2D eigenvalue weighted by atomic mass is 32.1. The van der Waals surface area contributed by atoms with Gasteiger partial charge in [-0.2, -0.15) is 12.6 Å². The molecule has 1 heteroatoms. The molecule has 0 N–H and O–H groups in total. The Hall–Kier alpha value is 0.350. The van der Waals surface area contributed by atoms with Gasteiger partial charge in [0.2, 0.25) is 0 Å². The van der Waals surface area contributed by atoms with Gasteiger partial charge in [0, 0.05) is 0 Å². The molecule has 1 saturated carbocycles. The number of unbranched alkanes of at least 4 members (excludes halogenated alkanes) is 1. The predicted octanol–water partition coefficient (Wildman–Crippen LogP) is 3.38. The van der Waals surface area contributed by atoms with E-state index in [9.17, 15) is 0 Å². The number of hydrogen-bond donors (Lipinski definition) is 1. The molecule has 1 aliphatic rings. The van der Waals surface area contributed by atoms with E-state index in [0.717, 1.165) is 23.5 Å². The van der Waals surface area contributed by atoms with Crippen LogP contribution in [0.4, 0.5) is 0 Å². The van der Waals surface area contributed by atoms with E-state index in [4.69, 9.17) is 0 Å². The first kappa shape index (κ1) is 9.44. The minimum Gasteiger partial charge on any atom is -0.179 e. The van der Waals surface area contributed by atoms with Gasteiger partial charge in [-0.05, 0) is 36.3 Å². The normalized spacial score (nSPS) is 29.5.